The summed E-state index contributed by atoms with van der Waals surface area (Å²) in [7, 11) is 0. The zero-order valence-electron chi connectivity index (χ0n) is 8.47. The predicted octanol–water partition coefficient (Wildman–Crippen LogP) is 2.88. The first-order chi connectivity index (χ1) is 7.81. The van der Waals surface area contributed by atoms with E-state index in [0.29, 0.717) is 0 Å². The van der Waals surface area contributed by atoms with Gasteiger partial charge in [0.25, 0.3) is 0 Å². The van der Waals surface area contributed by atoms with Crippen molar-refractivity contribution < 1.29 is 4.39 Å². The third-order valence-corrected chi connectivity index (χ3v) is 2.35. The number of halogens is 1. The molecule has 16 heavy (non-hydrogen) atoms. The van der Waals surface area contributed by atoms with Gasteiger partial charge < -0.3 is 0 Å². The number of hydrogen-bond donors (Lipinski definition) is 0. The first-order valence-electron chi connectivity index (χ1n) is 4.86. The molecule has 1 aromatic heterocycles. The van der Waals surface area contributed by atoms with E-state index in [2.05, 4.69) is 11.1 Å². The molecule has 0 fully saturated rings. The van der Waals surface area contributed by atoms with Crippen molar-refractivity contribution in [2.24, 2.45) is 0 Å². The summed E-state index contributed by atoms with van der Waals surface area (Å²) in [5, 5.41) is 9.13. The largest absolute Gasteiger partial charge is 0.264 e. The van der Waals surface area contributed by atoms with Crippen molar-refractivity contribution >= 4 is 0 Å². The molecule has 0 aliphatic rings. The van der Waals surface area contributed by atoms with Gasteiger partial charge in [-0.2, -0.15) is 5.26 Å². The number of nitrogens with zero attached hydrogens (tertiary/aromatic N) is 2. The monoisotopic (exact) mass is 212 g/mol. The number of rotatable bonds is 2. The van der Waals surface area contributed by atoms with E-state index in [9.17, 15) is 4.39 Å². The second-order valence-corrected chi connectivity index (χ2v) is 3.40. The minimum atomic E-state index is -0.394. The van der Waals surface area contributed by atoms with Gasteiger partial charge in [-0.1, -0.05) is 18.2 Å². The van der Waals surface area contributed by atoms with Crippen LogP contribution in [0.5, 0.6) is 0 Å². The van der Waals surface area contributed by atoms with Crippen LogP contribution in [0.2, 0.25) is 0 Å². The van der Waals surface area contributed by atoms with Crippen LogP contribution < -0.4 is 0 Å². The maximum Gasteiger partial charge on any atom is 0.123 e. The lowest BCUT2D eigenvalue weighted by Crippen LogP contribution is -1.98. The summed E-state index contributed by atoms with van der Waals surface area (Å²) < 4.78 is 12.8. The van der Waals surface area contributed by atoms with Crippen molar-refractivity contribution in [3.63, 3.8) is 0 Å². The Morgan fingerprint density at radius 1 is 1.12 bits per heavy atom. The smallest absolute Gasteiger partial charge is 0.123 e. The number of hydrogen-bond acceptors (Lipinski definition) is 2. The number of aromatic nitrogens is 1. The van der Waals surface area contributed by atoms with E-state index in [1.165, 1.54) is 12.1 Å². The molecule has 0 N–H and O–H groups in total. The summed E-state index contributed by atoms with van der Waals surface area (Å²) in [5.74, 6) is -0.694. The van der Waals surface area contributed by atoms with E-state index in [0.717, 1.165) is 11.1 Å². The summed E-state index contributed by atoms with van der Waals surface area (Å²) in [6.07, 6.45) is 3.31. The lowest BCUT2D eigenvalue weighted by molar-refractivity contribution is 0.627. The summed E-state index contributed by atoms with van der Waals surface area (Å²) in [4.78, 5) is 3.97. The molecule has 1 heterocycles. The summed E-state index contributed by atoms with van der Waals surface area (Å²) in [6, 6.07) is 11.8. The van der Waals surface area contributed by atoms with E-state index in [1.807, 2.05) is 6.07 Å². The fourth-order valence-corrected chi connectivity index (χ4v) is 1.54. The van der Waals surface area contributed by atoms with E-state index >= 15 is 0 Å². The van der Waals surface area contributed by atoms with Gasteiger partial charge >= 0.3 is 0 Å². The topological polar surface area (TPSA) is 36.7 Å². The Balaban J connectivity index is 2.38. The molecule has 0 bridgehead atoms. The van der Waals surface area contributed by atoms with Gasteiger partial charge in [-0.05, 0) is 29.3 Å². The molecule has 0 spiro atoms. The van der Waals surface area contributed by atoms with Crippen LogP contribution in [-0.2, 0) is 0 Å². The van der Waals surface area contributed by atoms with Gasteiger partial charge in [0.2, 0.25) is 0 Å². The third kappa shape index (κ3) is 2.06. The van der Waals surface area contributed by atoms with Gasteiger partial charge in [0, 0.05) is 12.4 Å². The third-order valence-electron chi connectivity index (χ3n) is 2.35. The first kappa shape index (κ1) is 10.3. The molecule has 2 nitrogen and oxygen atoms in total. The van der Waals surface area contributed by atoms with Crippen molar-refractivity contribution in [2.45, 2.75) is 5.92 Å². The van der Waals surface area contributed by atoms with Gasteiger partial charge in [-0.25, -0.2) is 4.39 Å². The molecule has 0 radical (unpaired) electrons. The number of pyridine rings is 1. The predicted molar refractivity (Wildman–Crippen MR) is 58.1 cm³/mol. The highest BCUT2D eigenvalue weighted by atomic mass is 19.1. The Labute approximate surface area is 93.0 Å². The summed E-state index contributed by atoms with van der Waals surface area (Å²) in [5.41, 5.74) is 1.59. The average molecular weight is 212 g/mol. The van der Waals surface area contributed by atoms with Crippen LogP contribution in [0.25, 0.3) is 0 Å². The molecule has 0 saturated heterocycles. The van der Waals surface area contributed by atoms with Crippen molar-refractivity contribution in [3.05, 3.63) is 65.7 Å². The lowest BCUT2D eigenvalue weighted by Gasteiger charge is -2.08. The molecule has 3 heteroatoms. The van der Waals surface area contributed by atoms with Gasteiger partial charge in [-0.15, -0.1) is 0 Å². The molecule has 0 amide bonds. The number of nitriles is 1. The summed E-state index contributed by atoms with van der Waals surface area (Å²) in [6.45, 7) is 0. The Morgan fingerprint density at radius 2 is 1.88 bits per heavy atom. The highest BCUT2D eigenvalue weighted by molar-refractivity contribution is 5.36. The van der Waals surface area contributed by atoms with Crippen LogP contribution in [-0.4, -0.2) is 4.98 Å². The lowest BCUT2D eigenvalue weighted by atomic mass is 9.94. The first-order valence-corrected chi connectivity index (χ1v) is 4.86. The highest BCUT2D eigenvalue weighted by Crippen LogP contribution is 2.23. The normalized spacial score (nSPS) is 11.8. The second-order valence-electron chi connectivity index (χ2n) is 3.40. The van der Waals surface area contributed by atoms with Crippen molar-refractivity contribution in [1.82, 2.24) is 4.98 Å². The van der Waals surface area contributed by atoms with Gasteiger partial charge in [0.1, 0.15) is 5.82 Å². The molecule has 78 valence electrons. The zero-order chi connectivity index (χ0) is 11.4. The quantitative estimate of drug-likeness (QED) is 0.767. The van der Waals surface area contributed by atoms with Gasteiger partial charge in [0.05, 0.1) is 12.0 Å². The molecule has 0 aliphatic heterocycles. The van der Waals surface area contributed by atoms with E-state index in [-0.39, 0.29) is 5.82 Å². The highest BCUT2D eigenvalue weighted by Gasteiger charge is 2.12. The molecular weight excluding hydrogens is 203 g/mol. The molecule has 2 aromatic rings. The van der Waals surface area contributed by atoms with Crippen LogP contribution in [0.4, 0.5) is 4.39 Å². The van der Waals surface area contributed by atoms with Crippen molar-refractivity contribution in [1.29, 1.82) is 5.26 Å². The zero-order valence-corrected chi connectivity index (χ0v) is 8.47. The van der Waals surface area contributed by atoms with Gasteiger partial charge in [0.15, 0.2) is 0 Å². The van der Waals surface area contributed by atoms with E-state index in [4.69, 9.17) is 5.26 Å². The van der Waals surface area contributed by atoms with E-state index < -0.39 is 5.92 Å². The Hall–Kier alpha value is -2.21. The van der Waals surface area contributed by atoms with Crippen molar-refractivity contribution in [3.8, 4) is 6.07 Å². The molecular formula is C13H9FN2. The van der Waals surface area contributed by atoms with Crippen LogP contribution in [0.15, 0.2) is 48.8 Å². The molecule has 1 aromatic carbocycles. The fourth-order valence-electron chi connectivity index (χ4n) is 1.54. The standard InChI is InChI=1S/C13H9FN2/c14-12-5-3-10(4-6-12)13(8-15)11-2-1-7-16-9-11/h1-7,9,13H. The Bertz CT molecular complexity index is 500. The van der Waals surface area contributed by atoms with Crippen LogP contribution >= 0.6 is 0 Å². The van der Waals surface area contributed by atoms with E-state index in [1.54, 1.807) is 30.6 Å². The molecule has 0 saturated carbocycles. The molecule has 0 aliphatic carbocycles. The van der Waals surface area contributed by atoms with Crippen LogP contribution in [0, 0.1) is 17.1 Å². The van der Waals surface area contributed by atoms with Gasteiger partial charge in [-0.3, -0.25) is 4.98 Å². The summed E-state index contributed by atoms with van der Waals surface area (Å²) >= 11 is 0. The van der Waals surface area contributed by atoms with Crippen LogP contribution in [0.3, 0.4) is 0 Å². The SMILES string of the molecule is N#CC(c1ccc(F)cc1)c1cccnc1. The minimum absolute atomic E-state index is 0.299. The Morgan fingerprint density at radius 3 is 2.44 bits per heavy atom. The van der Waals surface area contributed by atoms with Crippen molar-refractivity contribution in [2.75, 3.05) is 0 Å². The fraction of sp³-hybridized carbons (Fsp3) is 0.0769. The maximum absolute atomic E-state index is 12.8. The molecule has 2 rings (SSSR count). The van der Waals surface area contributed by atoms with Crippen LogP contribution in [0.1, 0.15) is 17.0 Å². The maximum atomic E-state index is 12.8. The minimum Gasteiger partial charge on any atom is -0.264 e. The average Bonchev–Trinajstić information content (AvgIpc) is 2.34. The molecule has 1 unspecified atom stereocenters. The second kappa shape index (κ2) is 4.54. The molecule has 1 atom stereocenters. The number of benzene rings is 1. The Kier molecular flexibility index (Phi) is 2.93.